The molecule has 3 atom stereocenters. The number of nitrogens with one attached hydrogen (secondary N) is 2. The number of aromatic amines is 1. The molecule has 2 saturated carbocycles. The van der Waals surface area contributed by atoms with Crippen molar-refractivity contribution in [1.82, 2.24) is 25.5 Å². The van der Waals surface area contributed by atoms with Gasteiger partial charge in [0, 0.05) is 42.7 Å². The zero-order valence-corrected chi connectivity index (χ0v) is 22.6. The predicted molar refractivity (Wildman–Crippen MR) is 147 cm³/mol. The smallest absolute Gasteiger partial charge is 0.407 e. The van der Waals surface area contributed by atoms with Crippen LogP contribution in [0.5, 0.6) is 0 Å². The van der Waals surface area contributed by atoms with E-state index in [2.05, 4.69) is 38.4 Å². The number of hydrogen-bond donors (Lipinski definition) is 2. The van der Waals surface area contributed by atoms with Gasteiger partial charge in [-0.25, -0.2) is 14.8 Å². The Kier molecular flexibility index (Phi) is 5.36. The van der Waals surface area contributed by atoms with Gasteiger partial charge in [-0.05, 0) is 70.9 Å². The van der Waals surface area contributed by atoms with Crippen LogP contribution >= 0.6 is 0 Å². The van der Waals surface area contributed by atoms with Crippen LogP contribution in [0.4, 0.5) is 16.4 Å². The molecule has 2 aliphatic heterocycles. The number of allylic oxidation sites excluding steroid dienone is 5. The molecule has 0 aromatic carbocycles. The summed E-state index contributed by atoms with van der Waals surface area (Å²) in [7, 11) is 0. The molecule has 3 aliphatic carbocycles. The van der Waals surface area contributed by atoms with E-state index in [1.54, 1.807) is 11.1 Å². The van der Waals surface area contributed by atoms with Crippen molar-refractivity contribution in [2.45, 2.75) is 77.4 Å². The SMILES string of the molecule is CC(C)(C)OC(=O)NC1CCCC12CCN(c1cnc3c(N4CCCC5=C4C=CC=C4CC45)n[nH]c3n1)C2. The van der Waals surface area contributed by atoms with Crippen molar-refractivity contribution in [3.05, 3.63) is 41.3 Å². The summed E-state index contributed by atoms with van der Waals surface area (Å²) >= 11 is 0. The first-order valence-corrected chi connectivity index (χ1v) is 14.1. The number of nitrogens with zero attached hydrogens (tertiary/aromatic N) is 5. The summed E-state index contributed by atoms with van der Waals surface area (Å²) in [5.74, 6) is 2.36. The molecule has 1 spiro atoms. The van der Waals surface area contributed by atoms with Crippen molar-refractivity contribution >= 4 is 28.9 Å². The van der Waals surface area contributed by atoms with E-state index in [-0.39, 0.29) is 17.6 Å². The predicted octanol–water partition coefficient (Wildman–Crippen LogP) is 5.00. The maximum atomic E-state index is 12.5. The number of carbonyl (C=O) groups is 1. The van der Waals surface area contributed by atoms with Gasteiger partial charge in [0.1, 0.15) is 11.4 Å². The maximum absolute atomic E-state index is 12.5. The second kappa shape index (κ2) is 8.58. The van der Waals surface area contributed by atoms with E-state index in [0.717, 1.165) is 81.0 Å². The quantitative estimate of drug-likeness (QED) is 0.594. The lowest BCUT2D eigenvalue weighted by molar-refractivity contribution is 0.0467. The number of amides is 1. The van der Waals surface area contributed by atoms with Crippen LogP contribution in [0.2, 0.25) is 0 Å². The Morgan fingerprint density at radius 2 is 2.13 bits per heavy atom. The molecule has 4 heterocycles. The Hall–Kier alpha value is -3.36. The Morgan fingerprint density at radius 3 is 3.00 bits per heavy atom. The summed E-state index contributed by atoms with van der Waals surface area (Å²) < 4.78 is 5.55. The Morgan fingerprint density at radius 1 is 1.24 bits per heavy atom. The molecule has 7 rings (SSSR count). The first-order chi connectivity index (χ1) is 18.3. The zero-order valence-electron chi connectivity index (χ0n) is 22.6. The summed E-state index contributed by atoms with van der Waals surface area (Å²) in [6.45, 7) is 8.40. The van der Waals surface area contributed by atoms with Gasteiger partial charge >= 0.3 is 6.09 Å². The van der Waals surface area contributed by atoms with Crippen LogP contribution < -0.4 is 15.1 Å². The summed E-state index contributed by atoms with van der Waals surface area (Å²) in [6.07, 6.45) is 16.0. The summed E-state index contributed by atoms with van der Waals surface area (Å²) in [5, 5.41) is 11.1. The van der Waals surface area contributed by atoms with Gasteiger partial charge < -0.3 is 19.9 Å². The summed E-state index contributed by atoms with van der Waals surface area (Å²) in [6, 6.07) is 0.119. The highest BCUT2D eigenvalue weighted by Crippen LogP contribution is 2.50. The van der Waals surface area contributed by atoms with Gasteiger partial charge in [0.05, 0.1) is 6.20 Å². The average Bonchev–Trinajstić information content (AvgIpc) is 3.16. The Balaban J connectivity index is 1.10. The number of hydrogen-bond acceptors (Lipinski definition) is 7. The number of alkyl carbamates (subject to hydrolysis) is 1. The number of anilines is 2. The fourth-order valence-corrected chi connectivity index (χ4v) is 7.10. The minimum atomic E-state index is -0.498. The highest BCUT2D eigenvalue weighted by molar-refractivity contribution is 5.86. The van der Waals surface area contributed by atoms with E-state index < -0.39 is 5.60 Å². The summed E-state index contributed by atoms with van der Waals surface area (Å²) in [4.78, 5) is 27.0. The average molecular weight is 516 g/mol. The molecular formula is C29H37N7O2. The van der Waals surface area contributed by atoms with Gasteiger partial charge in [0.15, 0.2) is 17.0 Å². The number of aromatic nitrogens is 4. The van der Waals surface area contributed by atoms with Gasteiger partial charge in [0.25, 0.3) is 0 Å². The maximum Gasteiger partial charge on any atom is 0.407 e. The number of fused-ring (bicyclic) bond motifs is 3. The lowest BCUT2D eigenvalue weighted by atomic mass is 9.81. The molecule has 0 radical (unpaired) electrons. The largest absolute Gasteiger partial charge is 0.444 e. The fourth-order valence-electron chi connectivity index (χ4n) is 7.10. The van der Waals surface area contributed by atoms with E-state index in [1.807, 2.05) is 27.0 Å². The second-order valence-electron chi connectivity index (χ2n) is 12.6. The van der Waals surface area contributed by atoms with Crippen molar-refractivity contribution in [3.63, 3.8) is 0 Å². The molecule has 1 saturated heterocycles. The molecule has 1 amide bonds. The number of H-pyrrole nitrogens is 1. The van der Waals surface area contributed by atoms with Crippen LogP contribution in [-0.4, -0.2) is 57.5 Å². The normalized spacial score (nSPS) is 28.4. The molecule has 2 aromatic rings. The highest BCUT2D eigenvalue weighted by Gasteiger charge is 2.49. The molecule has 5 aliphatic rings. The highest BCUT2D eigenvalue weighted by atomic mass is 16.6. The van der Waals surface area contributed by atoms with Crippen molar-refractivity contribution < 1.29 is 9.53 Å². The van der Waals surface area contributed by atoms with E-state index in [9.17, 15) is 4.79 Å². The van der Waals surface area contributed by atoms with Crippen LogP contribution in [0, 0.1) is 11.3 Å². The molecule has 9 nitrogen and oxygen atoms in total. The molecule has 3 fully saturated rings. The van der Waals surface area contributed by atoms with Crippen molar-refractivity contribution in [3.8, 4) is 0 Å². The number of rotatable bonds is 3. The van der Waals surface area contributed by atoms with Crippen LogP contribution in [0.15, 0.2) is 41.3 Å². The van der Waals surface area contributed by atoms with Crippen LogP contribution in [0.3, 0.4) is 0 Å². The monoisotopic (exact) mass is 515 g/mol. The van der Waals surface area contributed by atoms with Gasteiger partial charge in [-0.15, -0.1) is 0 Å². The number of ether oxygens (including phenoxy) is 1. The minimum Gasteiger partial charge on any atom is -0.444 e. The van der Waals surface area contributed by atoms with Gasteiger partial charge in [-0.3, -0.25) is 5.10 Å². The van der Waals surface area contributed by atoms with Crippen LogP contribution in [0.25, 0.3) is 11.2 Å². The molecule has 9 heteroatoms. The van der Waals surface area contributed by atoms with Gasteiger partial charge in [-0.2, -0.15) is 5.10 Å². The topological polar surface area (TPSA) is 99.3 Å². The molecule has 2 aromatic heterocycles. The van der Waals surface area contributed by atoms with Gasteiger partial charge in [0.2, 0.25) is 0 Å². The standard InChI is InChI=1S/C29H37N7O2/c1-28(2,3)38-27(37)31-22-10-5-11-29(22)12-14-35(17-29)23-16-30-24-25(32-23)33-34-26(24)36-13-6-8-19-20-15-18(20)7-4-9-21(19)36/h4,7,9,16,20,22H,5-6,8,10-15,17H2,1-3H3,(H,31,37)(H,32,33,34). The number of carbonyl (C=O) groups excluding carboxylic acids is 1. The lowest BCUT2D eigenvalue weighted by Crippen LogP contribution is -2.47. The minimum absolute atomic E-state index is 0.0465. The Bertz CT molecular complexity index is 1380. The molecule has 0 bridgehead atoms. The van der Waals surface area contributed by atoms with Crippen molar-refractivity contribution in [1.29, 1.82) is 0 Å². The van der Waals surface area contributed by atoms with Crippen molar-refractivity contribution in [2.75, 3.05) is 29.4 Å². The molecule has 200 valence electrons. The molecule has 3 unspecified atom stereocenters. The first-order valence-electron chi connectivity index (χ1n) is 14.1. The van der Waals surface area contributed by atoms with Crippen molar-refractivity contribution in [2.24, 2.45) is 11.3 Å². The van der Waals surface area contributed by atoms with Crippen LogP contribution in [-0.2, 0) is 4.74 Å². The van der Waals surface area contributed by atoms with E-state index in [0.29, 0.717) is 5.92 Å². The van der Waals surface area contributed by atoms with Gasteiger partial charge in [-0.1, -0.05) is 24.1 Å². The third-order valence-electron chi connectivity index (χ3n) is 8.96. The third kappa shape index (κ3) is 4.07. The van der Waals surface area contributed by atoms with E-state index in [1.165, 1.54) is 12.1 Å². The van der Waals surface area contributed by atoms with E-state index in [4.69, 9.17) is 19.8 Å². The van der Waals surface area contributed by atoms with Crippen LogP contribution in [0.1, 0.15) is 65.7 Å². The third-order valence-corrected chi connectivity index (χ3v) is 8.96. The summed E-state index contributed by atoms with van der Waals surface area (Å²) in [5.41, 5.74) is 5.49. The Labute approximate surface area is 223 Å². The second-order valence-corrected chi connectivity index (χ2v) is 12.6. The lowest BCUT2D eigenvalue weighted by Gasteiger charge is -2.32. The molecule has 2 N–H and O–H groups in total. The molecular weight excluding hydrogens is 478 g/mol. The first kappa shape index (κ1) is 23.7. The zero-order chi connectivity index (χ0) is 26.1. The molecule has 38 heavy (non-hydrogen) atoms. The fraction of sp³-hybridized carbons (Fsp3) is 0.586. The van der Waals surface area contributed by atoms with E-state index >= 15 is 0 Å².